The Morgan fingerprint density at radius 3 is 2.94 bits per heavy atom. The van der Waals surface area contributed by atoms with Crippen molar-refractivity contribution in [3.8, 4) is 0 Å². The minimum Gasteiger partial charge on any atom is -0.394 e. The molecular formula is C12H18N2O4. The van der Waals surface area contributed by atoms with E-state index in [1.807, 2.05) is 13.8 Å². The van der Waals surface area contributed by atoms with Crippen LogP contribution in [0.2, 0.25) is 0 Å². The molecule has 100 valence electrons. The third-order valence-corrected chi connectivity index (χ3v) is 2.95. The number of amides is 1. The number of carbonyl (C=O) groups excluding carboxylic acids is 1. The molecule has 2 heterocycles. The van der Waals surface area contributed by atoms with E-state index in [4.69, 9.17) is 9.26 Å². The van der Waals surface area contributed by atoms with Gasteiger partial charge in [-0.3, -0.25) is 4.79 Å². The molecule has 0 aliphatic carbocycles. The van der Waals surface area contributed by atoms with Crippen molar-refractivity contribution in [1.29, 1.82) is 0 Å². The van der Waals surface area contributed by atoms with Crippen LogP contribution in [0.15, 0.2) is 10.7 Å². The van der Waals surface area contributed by atoms with Gasteiger partial charge in [-0.25, -0.2) is 0 Å². The van der Waals surface area contributed by atoms with E-state index in [0.717, 1.165) is 0 Å². The van der Waals surface area contributed by atoms with Gasteiger partial charge in [-0.15, -0.1) is 0 Å². The Hall–Kier alpha value is -1.40. The van der Waals surface area contributed by atoms with Gasteiger partial charge >= 0.3 is 0 Å². The minimum atomic E-state index is -0.466. The minimum absolute atomic E-state index is 0.101. The Balaban J connectivity index is 2.17. The number of morpholine rings is 1. The van der Waals surface area contributed by atoms with Crippen LogP contribution in [0.4, 0.5) is 0 Å². The zero-order valence-corrected chi connectivity index (χ0v) is 10.8. The van der Waals surface area contributed by atoms with Crippen LogP contribution in [-0.4, -0.2) is 52.5 Å². The van der Waals surface area contributed by atoms with Crippen LogP contribution in [0.5, 0.6) is 0 Å². The number of hydrogen-bond acceptors (Lipinski definition) is 5. The van der Waals surface area contributed by atoms with Crippen molar-refractivity contribution >= 4 is 5.91 Å². The quantitative estimate of drug-likeness (QED) is 0.836. The van der Waals surface area contributed by atoms with E-state index in [9.17, 15) is 9.90 Å². The average Bonchev–Trinajstić information content (AvgIpc) is 2.72. The molecule has 1 aromatic heterocycles. The smallest absolute Gasteiger partial charge is 0.259 e. The van der Waals surface area contributed by atoms with E-state index < -0.39 is 5.60 Å². The lowest BCUT2D eigenvalue weighted by molar-refractivity contribution is -0.139. The Morgan fingerprint density at radius 2 is 2.39 bits per heavy atom. The van der Waals surface area contributed by atoms with Crippen LogP contribution in [0.25, 0.3) is 0 Å². The normalized spacial score (nSPS) is 23.1. The summed E-state index contributed by atoms with van der Waals surface area (Å²) >= 11 is 0. The summed E-state index contributed by atoms with van der Waals surface area (Å²) in [6, 6.07) is 0. The third kappa shape index (κ3) is 2.54. The molecule has 1 unspecified atom stereocenters. The highest BCUT2D eigenvalue weighted by molar-refractivity contribution is 5.94. The van der Waals surface area contributed by atoms with Gasteiger partial charge in [0, 0.05) is 13.1 Å². The van der Waals surface area contributed by atoms with Crippen molar-refractivity contribution in [2.45, 2.75) is 32.5 Å². The first kappa shape index (κ1) is 13.0. The van der Waals surface area contributed by atoms with Crippen LogP contribution >= 0.6 is 0 Å². The summed E-state index contributed by atoms with van der Waals surface area (Å²) in [4.78, 5) is 14.0. The molecular weight excluding hydrogens is 236 g/mol. The van der Waals surface area contributed by atoms with Crippen molar-refractivity contribution in [1.82, 2.24) is 10.1 Å². The van der Waals surface area contributed by atoms with E-state index in [2.05, 4.69) is 5.16 Å². The average molecular weight is 254 g/mol. The lowest BCUT2D eigenvalue weighted by Gasteiger charge is -2.42. The molecule has 1 aliphatic heterocycles. The molecule has 18 heavy (non-hydrogen) atoms. The number of aliphatic hydroxyl groups excluding tert-OH is 1. The molecule has 2 rings (SSSR count). The monoisotopic (exact) mass is 254 g/mol. The summed E-state index contributed by atoms with van der Waals surface area (Å²) in [6.45, 7) is 6.26. The molecule has 1 amide bonds. The summed E-state index contributed by atoms with van der Waals surface area (Å²) < 4.78 is 10.6. The second-order valence-electron chi connectivity index (χ2n) is 5.16. The van der Waals surface area contributed by atoms with Gasteiger partial charge in [-0.1, -0.05) is 5.16 Å². The highest BCUT2D eigenvalue weighted by Crippen LogP contribution is 2.23. The maximum Gasteiger partial charge on any atom is 0.259 e. The Labute approximate surface area is 106 Å². The highest BCUT2D eigenvalue weighted by Gasteiger charge is 2.36. The van der Waals surface area contributed by atoms with Crippen molar-refractivity contribution in [3.05, 3.63) is 17.5 Å². The zero-order chi connectivity index (χ0) is 13.3. The maximum absolute atomic E-state index is 12.3. The summed E-state index contributed by atoms with van der Waals surface area (Å²) in [6.07, 6.45) is 1.08. The molecule has 1 atom stereocenters. The van der Waals surface area contributed by atoms with E-state index in [1.54, 1.807) is 11.8 Å². The lowest BCUT2D eigenvalue weighted by Crippen LogP contribution is -2.55. The van der Waals surface area contributed by atoms with E-state index >= 15 is 0 Å². The molecule has 0 spiro atoms. The lowest BCUT2D eigenvalue weighted by atomic mass is 10.0. The van der Waals surface area contributed by atoms with E-state index in [-0.39, 0.29) is 18.6 Å². The summed E-state index contributed by atoms with van der Waals surface area (Å²) in [5, 5.41) is 12.8. The third-order valence-electron chi connectivity index (χ3n) is 2.95. The fourth-order valence-electron chi connectivity index (χ4n) is 2.22. The number of ether oxygens (including phenoxy) is 1. The predicted molar refractivity (Wildman–Crippen MR) is 63.2 cm³/mol. The van der Waals surface area contributed by atoms with Crippen molar-refractivity contribution in [2.75, 3.05) is 19.7 Å². The Morgan fingerprint density at radius 1 is 1.67 bits per heavy atom. The molecule has 0 saturated carbocycles. The zero-order valence-electron chi connectivity index (χ0n) is 10.8. The second-order valence-corrected chi connectivity index (χ2v) is 5.16. The first-order chi connectivity index (χ1) is 8.43. The largest absolute Gasteiger partial charge is 0.394 e. The van der Waals surface area contributed by atoms with Gasteiger partial charge in [0.25, 0.3) is 5.91 Å². The Bertz CT molecular complexity index is 441. The van der Waals surface area contributed by atoms with Gasteiger partial charge in [0.1, 0.15) is 11.3 Å². The molecule has 6 nitrogen and oxygen atoms in total. The first-order valence-corrected chi connectivity index (χ1v) is 5.92. The summed E-state index contributed by atoms with van der Waals surface area (Å²) in [7, 11) is 0. The molecule has 0 aromatic carbocycles. The summed E-state index contributed by atoms with van der Waals surface area (Å²) in [5.41, 5.74) is -0.00350. The van der Waals surface area contributed by atoms with Crippen LogP contribution in [-0.2, 0) is 4.74 Å². The SMILES string of the molecule is Cc1oncc1C(=O)N1CC(CO)OC(C)(C)C1. The van der Waals surface area contributed by atoms with Gasteiger partial charge in [-0.05, 0) is 20.8 Å². The van der Waals surface area contributed by atoms with Crippen LogP contribution in [0, 0.1) is 6.92 Å². The molecule has 6 heteroatoms. The standard InChI is InChI=1S/C12H18N2O4/c1-8-10(4-13-18-8)11(16)14-5-9(6-15)17-12(2,3)7-14/h4,9,15H,5-7H2,1-3H3. The fraction of sp³-hybridized carbons (Fsp3) is 0.667. The summed E-state index contributed by atoms with van der Waals surface area (Å²) in [5.74, 6) is 0.369. The number of carbonyl (C=O) groups is 1. The molecule has 0 bridgehead atoms. The van der Waals surface area contributed by atoms with Gasteiger partial charge in [0.05, 0.1) is 24.5 Å². The number of hydrogen-bond donors (Lipinski definition) is 1. The number of aliphatic hydroxyl groups is 1. The molecule has 1 fully saturated rings. The van der Waals surface area contributed by atoms with Crippen molar-refractivity contribution < 1.29 is 19.2 Å². The number of aromatic nitrogens is 1. The molecule has 0 radical (unpaired) electrons. The number of nitrogens with zero attached hydrogens (tertiary/aromatic N) is 2. The molecule has 1 N–H and O–H groups in total. The van der Waals surface area contributed by atoms with Gasteiger partial charge < -0.3 is 19.3 Å². The molecule has 1 aromatic rings. The van der Waals surface area contributed by atoms with Crippen LogP contribution < -0.4 is 0 Å². The maximum atomic E-state index is 12.3. The first-order valence-electron chi connectivity index (χ1n) is 5.92. The van der Waals surface area contributed by atoms with Crippen LogP contribution in [0.3, 0.4) is 0 Å². The van der Waals surface area contributed by atoms with Crippen molar-refractivity contribution in [2.24, 2.45) is 0 Å². The van der Waals surface area contributed by atoms with Crippen LogP contribution in [0.1, 0.15) is 30.0 Å². The van der Waals surface area contributed by atoms with E-state index in [0.29, 0.717) is 24.4 Å². The molecule has 1 aliphatic rings. The Kier molecular flexibility index (Phi) is 3.41. The fourth-order valence-corrected chi connectivity index (χ4v) is 2.22. The topological polar surface area (TPSA) is 75.8 Å². The van der Waals surface area contributed by atoms with Crippen molar-refractivity contribution in [3.63, 3.8) is 0 Å². The van der Waals surface area contributed by atoms with Gasteiger partial charge in [0.15, 0.2) is 0 Å². The van der Waals surface area contributed by atoms with E-state index in [1.165, 1.54) is 6.20 Å². The number of rotatable bonds is 2. The van der Waals surface area contributed by atoms with Gasteiger partial charge in [0.2, 0.25) is 0 Å². The predicted octanol–water partition coefficient (Wildman–Crippen LogP) is 0.595. The number of aryl methyl sites for hydroxylation is 1. The molecule has 1 saturated heterocycles. The highest BCUT2D eigenvalue weighted by atomic mass is 16.5. The second kappa shape index (κ2) is 4.70. The van der Waals surface area contributed by atoms with Gasteiger partial charge in [-0.2, -0.15) is 0 Å².